The maximum atomic E-state index is 12.1. The van der Waals surface area contributed by atoms with E-state index < -0.39 is 10.9 Å². The van der Waals surface area contributed by atoms with Crippen LogP contribution in [0.4, 0.5) is 5.69 Å². The zero-order valence-corrected chi connectivity index (χ0v) is 13.5. The topological polar surface area (TPSA) is 89.8 Å². The van der Waals surface area contributed by atoms with E-state index in [1.54, 1.807) is 0 Å². The number of hydrogen-bond acceptors (Lipinski definition) is 6. The van der Waals surface area contributed by atoms with Gasteiger partial charge in [-0.25, -0.2) is 5.06 Å². The first-order valence-corrected chi connectivity index (χ1v) is 7.42. The highest BCUT2D eigenvalue weighted by atomic mass is 16.7. The molecular weight excluding hydrogens is 324 g/mol. The van der Waals surface area contributed by atoms with Crippen LogP contribution in [0.1, 0.15) is 22.8 Å². The highest BCUT2D eigenvalue weighted by molar-refractivity contribution is 6.04. The van der Waals surface area contributed by atoms with Gasteiger partial charge in [-0.05, 0) is 17.7 Å². The molecule has 0 aliphatic heterocycles. The molecule has 0 saturated heterocycles. The van der Waals surface area contributed by atoms with Gasteiger partial charge in [-0.2, -0.15) is 0 Å². The maximum absolute atomic E-state index is 12.1. The Kier molecular flexibility index (Phi) is 6.00. The highest BCUT2D eigenvalue weighted by Crippen LogP contribution is 2.13. The van der Waals surface area contributed by atoms with E-state index >= 15 is 0 Å². The molecule has 0 aliphatic carbocycles. The van der Waals surface area contributed by atoms with E-state index in [4.69, 9.17) is 4.84 Å². The van der Waals surface area contributed by atoms with E-state index in [1.165, 1.54) is 48.5 Å². The number of nitrogens with zero attached hydrogens (tertiary/aromatic N) is 2. The first-order valence-electron chi connectivity index (χ1n) is 7.42. The summed E-state index contributed by atoms with van der Waals surface area (Å²) in [7, 11) is 0. The molecule has 0 unspecified atom stereocenters. The molecule has 25 heavy (non-hydrogen) atoms. The van der Waals surface area contributed by atoms with Crippen molar-refractivity contribution in [3.8, 4) is 0 Å². The minimum atomic E-state index is -0.535. The van der Waals surface area contributed by atoms with Crippen LogP contribution in [0.3, 0.4) is 0 Å². The van der Waals surface area contributed by atoms with Gasteiger partial charge in [0.15, 0.2) is 5.78 Å². The van der Waals surface area contributed by atoms with Gasteiger partial charge in [0.1, 0.15) is 0 Å². The Hall–Kier alpha value is -3.48. The molecule has 0 radical (unpaired) electrons. The predicted molar refractivity (Wildman–Crippen MR) is 90.3 cm³/mol. The molecule has 0 aliphatic rings. The Morgan fingerprint density at radius 2 is 1.76 bits per heavy atom. The van der Waals surface area contributed by atoms with Gasteiger partial charge in [-0.3, -0.25) is 19.7 Å². The number of allylic oxidation sites excluding steroid dienone is 1. The zero-order chi connectivity index (χ0) is 18.2. The van der Waals surface area contributed by atoms with E-state index in [0.29, 0.717) is 5.56 Å². The van der Waals surface area contributed by atoms with Gasteiger partial charge in [0.2, 0.25) is 0 Å². The summed E-state index contributed by atoms with van der Waals surface area (Å²) in [5.41, 5.74) is 1.10. The number of rotatable bonds is 7. The van der Waals surface area contributed by atoms with Crippen LogP contribution in [0.5, 0.6) is 0 Å². The SMILES string of the molecule is CC(=O)ON(/C=C\C(=O)c1ccc([N+](=O)[O-])cc1)Cc1ccccc1. The van der Waals surface area contributed by atoms with Crippen LogP contribution in [0.25, 0.3) is 0 Å². The van der Waals surface area contributed by atoms with Crippen molar-refractivity contribution < 1.29 is 19.3 Å². The predicted octanol–water partition coefficient (Wildman–Crippen LogP) is 3.27. The number of ketones is 1. The van der Waals surface area contributed by atoms with E-state index in [2.05, 4.69) is 0 Å². The largest absolute Gasteiger partial charge is 0.341 e. The quantitative estimate of drug-likeness (QED) is 0.332. The lowest BCUT2D eigenvalue weighted by atomic mass is 10.1. The monoisotopic (exact) mass is 340 g/mol. The molecule has 0 spiro atoms. The summed E-state index contributed by atoms with van der Waals surface area (Å²) < 4.78 is 0. The lowest BCUT2D eigenvalue weighted by molar-refractivity contribution is -0.384. The average molecular weight is 340 g/mol. The summed E-state index contributed by atoms with van der Waals surface area (Å²) in [6.45, 7) is 1.55. The van der Waals surface area contributed by atoms with Crippen molar-refractivity contribution in [1.82, 2.24) is 5.06 Å². The molecule has 128 valence electrons. The summed E-state index contributed by atoms with van der Waals surface area (Å²) in [6, 6.07) is 14.6. The molecular formula is C18H16N2O5. The van der Waals surface area contributed by atoms with E-state index in [0.717, 1.165) is 5.56 Å². The number of carbonyl (C=O) groups excluding carboxylic acids is 2. The van der Waals surface area contributed by atoms with Crippen LogP contribution in [-0.2, 0) is 16.2 Å². The molecule has 0 aromatic heterocycles. The third kappa shape index (κ3) is 5.58. The second-order valence-electron chi connectivity index (χ2n) is 5.13. The van der Waals surface area contributed by atoms with Crippen molar-refractivity contribution in [2.45, 2.75) is 13.5 Å². The summed E-state index contributed by atoms with van der Waals surface area (Å²) in [6.07, 6.45) is 2.60. The van der Waals surface area contributed by atoms with Gasteiger partial charge in [-0.1, -0.05) is 30.3 Å². The molecule has 2 aromatic rings. The summed E-state index contributed by atoms with van der Waals surface area (Å²) in [4.78, 5) is 38.5. The molecule has 7 heteroatoms. The van der Waals surface area contributed by atoms with E-state index in [-0.39, 0.29) is 18.0 Å². The highest BCUT2D eigenvalue weighted by Gasteiger charge is 2.09. The molecule has 7 nitrogen and oxygen atoms in total. The molecule has 0 bridgehead atoms. The van der Waals surface area contributed by atoms with Gasteiger partial charge >= 0.3 is 5.97 Å². The van der Waals surface area contributed by atoms with Gasteiger partial charge in [0.25, 0.3) is 5.69 Å². The number of benzene rings is 2. The van der Waals surface area contributed by atoms with Crippen molar-refractivity contribution >= 4 is 17.4 Å². The zero-order valence-electron chi connectivity index (χ0n) is 13.5. The Bertz CT molecular complexity index is 785. The lowest BCUT2D eigenvalue weighted by Gasteiger charge is -2.18. The number of nitro groups is 1. The number of hydrogen-bond donors (Lipinski definition) is 0. The third-order valence-corrected chi connectivity index (χ3v) is 3.18. The average Bonchev–Trinajstić information content (AvgIpc) is 2.60. The summed E-state index contributed by atoms with van der Waals surface area (Å²) in [5.74, 6) is -0.872. The Balaban J connectivity index is 2.09. The van der Waals surface area contributed by atoms with Crippen molar-refractivity contribution in [2.75, 3.05) is 0 Å². The maximum Gasteiger partial charge on any atom is 0.329 e. The summed E-state index contributed by atoms with van der Waals surface area (Å²) in [5, 5.41) is 11.9. The standard InChI is InChI=1S/C18H16N2O5/c1-14(21)25-19(13-15-5-3-2-4-6-15)12-11-18(22)16-7-9-17(10-8-16)20(23)24/h2-12H,13H2,1H3/b12-11-. The third-order valence-electron chi connectivity index (χ3n) is 3.18. The van der Waals surface area contributed by atoms with Gasteiger partial charge in [0.05, 0.1) is 11.5 Å². The minimum Gasteiger partial charge on any atom is -0.341 e. The number of hydroxylamine groups is 2. The van der Waals surface area contributed by atoms with Crippen LogP contribution < -0.4 is 0 Å². The number of nitro benzene ring substituents is 1. The fraction of sp³-hybridized carbons (Fsp3) is 0.111. The van der Waals surface area contributed by atoms with Gasteiger partial charge in [-0.15, -0.1) is 0 Å². The van der Waals surface area contributed by atoms with Crippen molar-refractivity contribution in [3.05, 3.63) is 88.1 Å². The second kappa shape index (κ2) is 8.39. The first kappa shape index (κ1) is 17.9. The lowest BCUT2D eigenvalue weighted by Crippen LogP contribution is -2.20. The summed E-state index contributed by atoms with van der Waals surface area (Å²) >= 11 is 0. The Labute approximate surface area is 144 Å². The number of carbonyl (C=O) groups is 2. The Morgan fingerprint density at radius 1 is 1.12 bits per heavy atom. The molecule has 2 aromatic carbocycles. The van der Waals surface area contributed by atoms with Crippen LogP contribution in [-0.4, -0.2) is 21.7 Å². The van der Waals surface area contributed by atoms with Crippen molar-refractivity contribution in [2.24, 2.45) is 0 Å². The van der Waals surface area contributed by atoms with Crippen LogP contribution in [0.2, 0.25) is 0 Å². The van der Waals surface area contributed by atoms with Crippen molar-refractivity contribution in [3.63, 3.8) is 0 Å². The molecule has 0 atom stereocenters. The van der Waals surface area contributed by atoms with Crippen LogP contribution in [0, 0.1) is 10.1 Å². The molecule has 0 saturated carbocycles. The molecule has 0 heterocycles. The van der Waals surface area contributed by atoms with E-state index in [1.807, 2.05) is 30.3 Å². The van der Waals surface area contributed by atoms with Crippen LogP contribution >= 0.6 is 0 Å². The van der Waals surface area contributed by atoms with Gasteiger partial charge in [0, 0.05) is 36.9 Å². The molecule has 0 fully saturated rings. The fourth-order valence-electron chi connectivity index (χ4n) is 2.04. The Morgan fingerprint density at radius 3 is 2.32 bits per heavy atom. The fourth-order valence-corrected chi connectivity index (χ4v) is 2.04. The van der Waals surface area contributed by atoms with E-state index in [9.17, 15) is 19.7 Å². The second-order valence-corrected chi connectivity index (χ2v) is 5.13. The smallest absolute Gasteiger partial charge is 0.329 e. The molecule has 0 N–H and O–H groups in total. The number of non-ortho nitro benzene ring substituents is 1. The van der Waals surface area contributed by atoms with Crippen LogP contribution in [0.15, 0.2) is 66.9 Å². The minimum absolute atomic E-state index is 0.0915. The first-order chi connectivity index (χ1) is 12.0. The molecule has 0 amide bonds. The molecule has 2 rings (SSSR count). The van der Waals surface area contributed by atoms with Gasteiger partial charge < -0.3 is 4.84 Å². The van der Waals surface area contributed by atoms with Crippen molar-refractivity contribution in [1.29, 1.82) is 0 Å². The normalized spacial score (nSPS) is 10.4.